The number of nitrogens with zero attached hydrogens (tertiary/aromatic N) is 1. The predicted molar refractivity (Wildman–Crippen MR) is 237 cm³/mol. The topological polar surface area (TPSA) is 530 Å². The Labute approximate surface area is 629 Å². The first-order valence-electron chi connectivity index (χ1n) is 21.4. The summed E-state index contributed by atoms with van der Waals surface area (Å²) < 4.78 is 78.1. The Morgan fingerprint density at radius 1 is 0.424 bits per heavy atom. The molecule has 0 aromatic carbocycles. The molecule has 0 radical (unpaired) electrons. The molecular weight excluding hydrogens is 1270 g/mol. The van der Waals surface area contributed by atoms with Gasteiger partial charge in [0.1, 0.15) is 0 Å². The zero-order valence-corrected chi connectivity index (χ0v) is 60.5. The molecule has 4 N–H and O–H groups in total. The zero-order valence-electron chi connectivity index (χ0n) is 48.1. The number of carboxylic acids is 6. The predicted octanol–water partition coefficient (Wildman–Crippen LogP) is -23.5. The van der Waals surface area contributed by atoms with E-state index in [2.05, 4.69) is 52.6 Å². The van der Waals surface area contributed by atoms with E-state index in [0.717, 1.165) is 0 Å². The maximum atomic E-state index is 11.8. The van der Waals surface area contributed by atoms with E-state index in [1.165, 1.54) is 50.7 Å². The molecule has 0 amide bonds. The van der Waals surface area contributed by atoms with Crippen molar-refractivity contribution in [1.29, 1.82) is 0 Å². The van der Waals surface area contributed by atoms with Crippen LogP contribution in [0.4, 0.5) is 0 Å². The SMILES string of the molecule is C.C=CC1CC(C=C)C(C(=O)O)C1C(=O)O.C=CC1CC(C=C)C(C(=O)OC)C1C(=O)OC.C=CC1CC(C=C)C(C(=O)[O-])C1C(=O)[O-].C=CC1CC(C=C)C(C(=O)[O-])C1C(=O)[O-].O=[N+]([O-])O.[Li+].[Li+].[Na+].[Na+].[Na+].[Na+].[Na+].[OH-].[O]=[Mn](=[O])(=[O])[O-].[O]=[Mn](=[O])(=[O])[O-]. The second kappa shape index (κ2) is 55.6. The van der Waals surface area contributed by atoms with E-state index >= 15 is 0 Å². The molecule has 4 aliphatic rings. The van der Waals surface area contributed by atoms with Crippen LogP contribution in [-0.2, 0) is 96.8 Å². The first kappa shape index (κ1) is 111. The molecule has 38 heteroatoms. The molecule has 4 saturated carbocycles. The first-order valence-corrected chi connectivity index (χ1v) is 25.3. The number of carbonyl (C=O) groups excluding carboxylic acids is 6. The fourth-order valence-corrected chi connectivity index (χ4v) is 9.38. The van der Waals surface area contributed by atoms with Crippen molar-refractivity contribution in [3.8, 4) is 0 Å². The van der Waals surface area contributed by atoms with Crippen molar-refractivity contribution in [3.05, 3.63) is 111 Å². The Balaban J connectivity index is -0.0000000752. The number of methoxy groups -OCH3 is 2. The Morgan fingerprint density at radius 2 is 0.541 bits per heavy atom. The van der Waals surface area contributed by atoms with Crippen molar-refractivity contribution in [2.75, 3.05) is 14.2 Å². The Kier molecular flexibility index (Phi) is 72.9. The van der Waals surface area contributed by atoms with Gasteiger partial charge in [0.25, 0.3) is 5.09 Å². The minimum atomic E-state index is -5.62. The van der Waals surface area contributed by atoms with Crippen LogP contribution in [0, 0.1) is 105 Å². The molecule has 444 valence electrons. The molecule has 16 atom stereocenters. The van der Waals surface area contributed by atoms with Crippen LogP contribution in [0.3, 0.4) is 0 Å². The molecule has 0 heterocycles. The second-order valence-electron chi connectivity index (χ2n) is 16.3. The number of allylic oxidation sites excluding steroid dienone is 8. The molecule has 4 fully saturated rings. The van der Waals surface area contributed by atoms with Crippen molar-refractivity contribution < 1.29 is 337 Å². The summed E-state index contributed by atoms with van der Waals surface area (Å²) in [6, 6.07) is 0. The van der Waals surface area contributed by atoms with Crippen molar-refractivity contribution in [3.63, 3.8) is 0 Å². The van der Waals surface area contributed by atoms with Gasteiger partial charge in [-0.1, -0.05) is 56.0 Å². The van der Waals surface area contributed by atoms with Crippen LogP contribution in [0.2, 0.25) is 0 Å². The van der Waals surface area contributed by atoms with Crippen molar-refractivity contribution in [2.45, 2.75) is 33.1 Å². The number of carboxylic acid groups (broad SMARTS) is 6. The molecule has 4 rings (SSSR count). The Bertz CT molecular complexity index is 2230. The standard InChI is InChI=1S/C13H18O4.3C11H14O4.CH4.2Li.2Mn.HNO3.5Na.H2O.8O/c1-5-8-7-9(6-2)11(13(15)17-4)10(8)12(14)16-3;3*1-3-6-5-7(4-2)9(11(14)15)8(6)10(12)13;;;;;;2-1(3)4;;;;;;;;;;;;;;/h5-6,8-11H,1-2,7H2,3-4H3;3*3-4,6-9H,1-2,5H2,(H,12,13)(H,14,15);1H4;;;;;(H,2,3,4);;;;;;1H2;;;;;;;;/q;;;;;2*+1;;;;5*+1;;;;;;;;2*-1/p-5. The average molecular weight is 1330 g/mol. The van der Waals surface area contributed by atoms with Gasteiger partial charge in [-0.3, -0.25) is 19.2 Å². The van der Waals surface area contributed by atoms with Crippen molar-refractivity contribution in [1.82, 2.24) is 0 Å². The van der Waals surface area contributed by atoms with Gasteiger partial charge in [-0.05, 0) is 73.0 Å². The van der Waals surface area contributed by atoms with E-state index in [1.54, 1.807) is 12.2 Å². The second-order valence-corrected chi connectivity index (χ2v) is 18.7. The van der Waals surface area contributed by atoms with Gasteiger partial charge in [0, 0.05) is 47.5 Å². The van der Waals surface area contributed by atoms with Gasteiger partial charge in [-0.25, -0.2) is 0 Å². The number of hydrogen-bond acceptors (Lipinski definition) is 25. The van der Waals surface area contributed by atoms with E-state index < -0.39 is 126 Å². The third kappa shape index (κ3) is 41.0. The summed E-state index contributed by atoms with van der Waals surface area (Å²) in [5.74, 6) is -17.7. The normalized spacial score (nSPS) is 26.3. The fourth-order valence-electron chi connectivity index (χ4n) is 9.38. The molecule has 0 saturated heterocycles. The molecule has 16 unspecified atom stereocenters. The van der Waals surface area contributed by atoms with Crippen molar-refractivity contribution >= 4 is 47.8 Å². The molecule has 0 aromatic rings. The minimum absolute atomic E-state index is 0. The van der Waals surface area contributed by atoms with E-state index in [9.17, 15) is 58.8 Å². The van der Waals surface area contributed by atoms with Crippen LogP contribution in [-0.4, -0.2) is 88.0 Å². The van der Waals surface area contributed by atoms with Gasteiger partial charge < -0.3 is 70.0 Å². The number of aliphatic carboxylic acids is 6. The summed E-state index contributed by atoms with van der Waals surface area (Å²) in [6.07, 6.45) is 14.3. The summed E-state index contributed by atoms with van der Waals surface area (Å²) in [5.41, 5.74) is 0. The first-order chi connectivity index (χ1) is 34.9. The number of esters is 2. The number of rotatable bonds is 16. The third-order valence-electron chi connectivity index (χ3n) is 12.4. The van der Waals surface area contributed by atoms with Gasteiger partial charge in [-0.2, -0.15) is 0 Å². The number of ether oxygens (including phenoxy) is 2. The molecule has 0 bridgehead atoms. The molecule has 0 spiro atoms. The third-order valence-corrected chi connectivity index (χ3v) is 12.4. The summed E-state index contributed by atoms with van der Waals surface area (Å²) >= 11 is -11.2. The molecular formula is C47H62Li2Mn2NNa5O28. The van der Waals surface area contributed by atoms with Crippen LogP contribution >= 0.6 is 0 Å². The van der Waals surface area contributed by atoms with Gasteiger partial charge in [0.05, 0.1) is 37.9 Å². The van der Waals surface area contributed by atoms with Crippen LogP contribution in [0.15, 0.2) is 101 Å². The number of carbonyl (C=O) groups is 8. The van der Waals surface area contributed by atoms with Crippen molar-refractivity contribution in [2.24, 2.45) is 94.7 Å². The summed E-state index contributed by atoms with van der Waals surface area (Å²) in [4.78, 5) is 97.3. The Hall–Kier alpha value is -1.21. The Morgan fingerprint density at radius 3 is 0.635 bits per heavy atom. The summed E-state index contributed by atoms with van der Waals surface area (Å²) in [6.45, 7) is 28.5. The molecule has 0 aliphatic heterocycles. The van der Waals surface area contributed by atoms with E-state index in [4.69, 9.17) is 66.4 Å². The quantitative estimate of drug-likeness (QED) is 0.0425. The average Bonchev–Trinajstić information content (AvgIpc) is 4.10. The summed E-state index contributed by atoms with van der Waals surface area (Å²) in [5, 5.41) is 75.1. The van der Waals surface area contributed by atoms with Gasteiger partial charge in [0.2, 0.25) is 0 Å². The fraction of sp³-hybridized carbons (Fsp3) is 0.489. The van der Waals surface area contributed by atoms with E-state index in [0.29, 0.717) is 25.7 Å². The van der Waals surface area contributed by atoms with Gasteiger partial charge in [-0.15, -0.1) is 62.7 Å². The zero-order chi connectivity index (χ0) is 60.3. The van der Waals surface area contributed by atoms with Gasteiger partial charge in [0.15, 0.2) is 0 Å². The van der Waals surface area contributed by atoms with Crippen LogP contribution < -0.4 is 214 Å². The van der Waals surface area contributed by atoms with Crippen LogP contribution in [0.1, 0.15) is 33.1 Å². The monoisotopic (exact) mass is 1330 g/mol. The van der Waals surface area contributed by atoms with Crippen LogP contribution in [0.5, 0.6) is 0 Å². The molecule has 4 aliphatic carbocycles. The maximum absolute atomic E-state index is 11.8. The van der Waals surface area contributed by atoms with E-state index in [-0.39, 0.29) is 246 Å². The van der Waals surface area contributed by atoms with Crippen LogP contribution in [0.25, 0.3) is 0 Å². The van der Waals surface area contributed by atoms with E-state index in [1.807, 2.05) is 0 Å². The number of hydrogen-bond donors (Lipinski definition) is 3. The molecule has 85 heavy (non-hydrogen) atoms. The van der Waals surface area contributed by atoms with Gasteiger partial charge >= 0.3 is 267 Å². The molecule has 0 aromatic heterocycles. The summed E-state index contributed by atoms with van der Waals surface area (Å²) in [7, 11) is 2.64. The molecule has 29 nitrogen and oxygen atoms in total.